The van der Waals surface area contributed by atoms with Crippen LogP contribution in [0.1, 0.15) is 19.2 Å². The smallest absolute Gasteiger partial charge is 0.181 e. The zero-order chi connectivity index (χ0) is 15.1. The maximum Gasteiger partial charge on any atom is 0.181 e. The maximum atomic E-state index is 5.12. The number of hydrogen-bond acceptors (Lipinski definition) is 9. The zero-order valence-corrected chi connectivity index (χ0v) is 14.6. The first-order valence-electron chi connectivity index (χ1n) is 6.41. The molecule has 0 atom stereocenters. The highest BCUT2D eigenvalue weighted by atomic mass is 32.2. The van der Waals surface area contributed by atoms with Crippen LogP contribution in [0.25, 0.3) is 0 Å². The minimum absolute atomic E-state index is 0.390. The lowest BCUT2D eigenvalue weighted by Gasteiger charge is -2.08. The molecular formula is C12H17N5OS3. The molecule has 0 spiro atoms. The molecule has 0 fully saturated rings. The van der Waals surface area contributed by atoms with Crippen molar-refractivity contribution in [3.63, 3.8) is 0 Å². The molecule has 0 bridgehead atoms. The summed E-state index contributed by atoms with van der Waals surface area (Å²) in [5, 5.41) is 12.4. The molecule has 0 aromatic carbocycles. The van der Waals surface area contributed by atoms with E-state index in [1.165, 1.54) is 11.8 Å². The Hall–Kier alpha value is -0.900. The topological polar surface area (TPSA) is 72.8 Å². The molecule has 0 saturated carbocycles. The van der Waals surface area contributed by atoms with Gasteiger partial charge in [-0.25, -0.2) is 9.97 Å². The number of ether oxygens (including phenoxy) is 1. The van der Waals surface area contributed by atoms with Crippen LogP contribution in [0, 0.1) is 0 Å². The Morgan fingerprint density at radius 1 is 1.29 bits per heavy atom. The highest BCUT2D eigenvalue weighted by Gasteiger charge is 2.10. The van der Waals surface area contributed by atoms with Crippen molar-refractivity contribution in [3.05, 3.63) is 11.9 Å². The fraction of sp³-hybridized carbons (Fsp3) is 0.500. The fourth-order valence-corrected chi connectivity index (χ4v) is 3.88. The summed E-state index contributed by atoms with van der Waals surface area (Å²) in [5.41, 5.74) is 0. The van der Waals surface area contributed by atoms with Crippen LogP contribution in [0.3, 0.4) is 0 Å². The predicted octanol–water partition coefficient (Wildman–Crippen LogP) is 3.17. The molecule has 2 aromatic rings. The molecular weight excluding hydrogens is 326 g/mol. The van der Waals surface area contributed by atoms with Crippen molar-refractivity contribution in [2.24, 2.45) is 0 Å². The van der Waals surface area contributed by atoms with Gasteiger partial charge in [0.15, 0.2) is 14.5 Å². The summed E-state index contributed by atoms with van der Waals surface area (Å²) in [7, 11) is 1.64. The summed E-state index contributed by atoms with van der Waals surface area (Å²) in [6.07, 6.45) is 3.03. The molecule has 0 aliphatic rings. The van der Waals surface area contributed by atoms with E-state index in [9.17, 15) is 0 Å². The van der Waals surface area contributed by atoms with E-state index in [2.05, 4.69) is 32.4 Å². The van der Waals surface area contributed by atoms with Gasteiger partial charge in [0, 0.05) is 19.7 Å². The Balaban J connectivity index is 2.17. The monoisotopic (exact) mass is 343 g/mol. The van der Waals surface area contributed by atoms with Crippen molar-refractivity contribution in [2.75, 3.05) is 25.2 Å². The Kier molecular flexibility index (Phi) is 6.68. The molecule has 0 aliphatic carbocycles. The second-order valence-electron chi connectivity index (χ2n) is 4.01. The Labute approximate surface area is 136 Å². The van der Waals surface area contributed by atoms with Crippen LogP contribution < -0.4 is 5.32 Å². The normalized spacial score (nSPS) is 10.8. The van der Waals surface area contributed by atoms with Gasteiger partial charge < -0.3 is 10.1 Å². The van der Waals surface area contributed by atoms with Crippen LogP contribution in [-0.2, 0) is 11.3 Å². The summed E-state index contributed by atoms with van der Waals surface area (Å²) in [6.45, 7) is 3.38. The molecule has 0 saturated heterocycles. The van der Waals surface area contributed by atoms with Gasteiger partial charge in [0.1, 0.15) is 17.5 Å². The van der Waals surface area contributed by atoms with E-state index in [1.807, 2.05) is 12.3 Å². The van der Waals surface area contributed by atoms with Gasteiger partial charge in [-0.1, -0.05) is 30.0 Å². The van der Waals surface area contributed by atoms with Gasteiger partial charge in [-0.2, -0.15) is 0 Å². The second kappa shape index (κ2) is 8.52. The van der Waals surface area contributed by atoms with Crippen molar-refractivity contribution < 1.29 is 4.74 Å². The van der Waals surface area contributed by atoms with Gasteiger partial charge in [0.25, 0.3) is 0 Å². The van der Waals surface area contributed by atoms with E-state index < -0.39 is 0 Å². The molecule has 2 heterocycles. The van der Waals surface area contributed by atoms with E-state index in [1.54, 1.807) is 30.2 Å². The standard InChI is InChI=1S/C12H17N5OS3/c1-4-5-13-8-6-10(15-9(14-8)7-18-2)20-12-17-16-11(19-3)21-12/h6H,4-5,7H2,1-3H3,(H,13,14,15). The van der Waals surface area contributed by atoms with E-state index in [0.717, 1.165) is 32.5 Å². The number of hydrogen-bond donors (Lipinski definition) is 1. The lowest BCUT2D eigenvalue weighted by Crippen LogP contribution is -2.06. The van der Waals surface area contributed by atoms with Gasteiger partial charge in [-0.15, -0.1) is 10.2 Å². The first kappa shape index (κ1) is 16.5. The van der Waals surface area contributed by atoms with E-state index in [-0.39, 0.29) is 0 Å². The molecule has 0 radical (unpaired) electrons. The lowest BCUT2D eigenvalue weighted by atomic mass is 10.4. The van der Waals surface area contributed by atoms with Crippen molar-refractivity contribution >= 4 is 40.7 Å². The third-order valence-electron chi connectivity index (χ3n) is 2.33. The van der Waals surface area contributed by atoms with Gasteiger partial charge in [0.2, 0.25) is 0 Å². The lowest BCUT2D eigenvalue weighted by molar-refractivity contribution is 0.177. The molecule has 0 unspecified atom stereocenters. The summed E-state index contributed by atoms with van der Waals surface area (Å²) < 4.78 is 6.95. The molecule has 0 amide bonds. The maximum absolute atomic E-state index is 5.12. The van der Waals surface area contributed by atoms with Crippen LogP contribution in [0.15, 0.2) is 19.8 Å². The van der Waals surface area contributed by atoms with Crippen LogP contribution in [0.4, 0.5) is 5.82 Å². The molecule has 6 nitrogen and oxygen atoms in total. The summed E-state index contributed by atoms with van der Waals surface area (Å²) in [4.78, 5) is 8.91. The van der Waals surface area contributed by atoms with Crippen molar-refractivity contribution in [1.82, 2.24) is 20.2 Å². The summed E-state index contributed by atoms with van der Waals surface area (Å²) in [5.74, 6) is 1.48. The average molecular weight is 344 g/mol. The zero-order valence-electron chi connectivity index (χ0n) is 12.1. The minimum atomic E-state index is 0.390. The quantitative estimate of drug-likeness (QED) is 0.579. The van der Waals surface area contributed by atoms with Crippen molar-refractivity contribution in [1.29, 1.82) is 0 Å². The third-order valence-corrected chi connectivity index (χ3v) is 5.20. The average Bonchev–Trinajstić information content (AvgIpc) is 2.93. The Morgan fingerprint density at radius 3 is 2.76 bits per heavy atom. The van der Waals surface area contributed by atoms with Crippen LogP contribution >= 0.6 is 34.9 Å². The van der Waals surface area contributed by atoms with Gasteiger partial charge in [-0.05, 0) is 24.4 Å². The highest BCUT2D eigenvalue weighted by Crippen LogP contribution is 2.32. The van der Waals surface area contributed by atoms with Gasteiger partial charge >= 0.3 is 0 Å². The van der Waals surface area contributed by atoms with Crippen LogP contribution in [0.2, 0.25) is 0 Å². The second-order valence-corrected chi connectivity index (χ2v) is 7.31. The van der Waals surface area contributed by atoms with Crippen LogP contribution in [0.5, 0.6) is 0 Å². The molecule has 0 aliphatic heterocycles. The van der Waals surface area contributed by atoms with Gasteiger partial charge in [-0.3, -0.25) is 0 Å². The number of rotatable bonds is 8. The summed E-state index contributed by atoms with van der Waals surface area (Å²) in [6, 6.07) is 1.93. The van der Waals surface area contributed by atoms with Gasteiger partial charge in [0.05, 0.1) is 0 Å². The Bertz CT molecular complexity index is 578. The number of nitrogens with one attached hydrogen (secondary N) is 1. The predicted molar refractivity (Wildman–Crippen MR) is 87.3 cm³/mol. The molecule has 21 heavy (non-hydrogen) atoms. The Morgan fingerprint density at radius 2 is 2.10 bits per heavy atom. The number of aromatic nitrogens is 4. The first-order chi connectivity index (χ1) is 10.2. The largest absolute Gasteiger partial charge is 0.377 e. The third kappa shape index (κ3) is 5.10. The van der Waals surface area contributed by atoms with E-state index >= 15 is 0 Å². The fourth-order valence-electron chi connectivity index (χ4n) is 1.47. The SMILES string of the molecule is CCCNc1cc(Sc2nnc(SC)s2)nc(COC)n1. The van der Waals surface area contributed by atoms with E-state index in [0.29, 0.717) is 12.4 Å². The summed E-state index contributed by atoms with van der Waals surface area (Å²) >= 11 is 4.65. The first-order valence-corrected chi connectivity index (χ1v) is 9.27. The molecule has 1 N–H and O–H groups in total. The number of methoxy groups -OCH3 is 1. The van der Waals surface area contributed by atoms with Crippen molar-refractivity contribution in [2.45, 2.75) is 33.7 Å². The van der Waals surface area contributed by atoms with Crippen molar-refractivity contribution in [3.8, 4) is 0 Å². The molecule has 2 aromatic heterocycles. The molecule has 114 valence electrons. The molecule has 9 heteroatoms. The number of anilines is 1. The minimum Gasteiger partial charge on any atom is -0.377 e. The molecule has 2 rings (SSSR count). The van der Waals surface area contributed by atoms with E-state index in [4.69, 9.17) is 4.74 Å². The number of thioether (sulfide) groups is 1. The highest BCUT2D eigenvalue weighted by molar-refractivity contribution is 8.02. The number of nitrogens with zero attached hydrogens (tertiary/aromatic N) is 4. The van der Waals surface area contributed by atoms with Crippen LogP contribution in [-0.4, -0.2) is 40.1 Å².